The first-order valence-electron chi connectivity index (χ1n) is 4.51. The van der Waals surface area contributed by atoms with E-state index in [1.54, 1.807) is 20.8 Å². The minimum absolute atomic E-state index is 0.522. The van der Waals surface area contributed by atoms with Crippen LogP contribution in [0.2, 0.25) is 0 Å². The molecule has 1 fully saturated rings. The molecule has 0 N–H and O–H groups in total. The molecule has 6 heteroatoms. The minimum Gasteiger partial charge on any atom is -0.435 e. The van der Waals surface area contributed by atoms with Crippen LogP contribution in [0.25, 0.3) is 0 Å². The van der Waals surface area contributed by atoms with E-state index in [1.165, 1.54) is 0 Å². The Balaban J connectivity index is 2.68. The van der Waals surface area contributed by atoms with Gasteiger partial charge in [-0.3, -0.25) is 4.79 Å². The van der Waals surface area contributed by atoms with Gasteiger partial charge in [0.15, 0.2) is 5.92 Å². The molecule has 1 aliphatic rings. The zero-order chi connectivity index (χ0) is 11.9. The maximum absolute atomic E-state index is 12.2. The van der Waals surface area contributed by atoms with Crippen molar-refractivity contribution in [2.45, 2.75) is 33.2 Å². The van der Waals surface area contributed by atoms with Gasteiger partial charge in [-0.05, 0) is 0 Å². The lowest BCUT2D eigenvalue weighted by Gasteiger charge is -2.36. The van der Waals surface area contributed by atoms with E-state index in [1.807, 2.05) is 0 Å². The second-order valence-corrected chi connectivity index (χ2v) is 4.56. The SMILES string of the molecule is CC(C)(C)[C@@H]1OC[C@@H](C(F)(F)F)C(=O)O1. The summed E-state index contributed by atoms with van der Waals surface area (Å²) in [5, 5.41) is 0. The summed E-state index contributed by atoms with van der Waals surface area (Å²) in [6.07, 6.45) is -5.51. The van der Waals surface area contributed by atoms with E-state index in [0.717, 1.165) is 0 Å². The van der Waals surface area contributed by atoms with Crippen LogP contribution in [0.15, 0.2) is 0 Å². The molecule has 0 aromatic carbocycles. The monoisotopic (exact) mass is 226 g/mol. The molecule has 0 aliphatic carbocycles. The van der Waals surface area contributed by atoms with Gasteiger partial charge in [0, 0.05) is 5.41 Å². The van der Waals surface area contributed by atoms with E-state index in [2.05, 4.69) is 4.74 Å². The van der Waals surface area contributed by atoms with E-state index in [0.29, 0.717) is 0 Å². The van der Waals surface area contributed by atoms with Crippen LogP contribution >= 0.6 is 0 Å². The lowest BCUT2D eigenvalue weighted by molar-refractivity contribution is -0.273. The van der Waals surface area contributed by atoms with Gasteiger partial charge in [-0.1, -0.05) is 20.8 Å². The van der Waals surface area contributed by atoms with Crippen molar-refractivity contribution in [1.82, 2.24) is 0 Å². The summed E-state index contributed by atoms with van der Waals surface area (Å²) in [7, 11) is 0. The van der Waals surface area contributed by atoms with Crippen LogP contribution in [-0.4, -0.2) is 25.0 Å². The number of rotatable bonds is 0. The zero-order valence-corrected chi connectivity index (χ0v) is 8.72. The number of ether oxygens (including phenoxy) is 2. The molecule has 2 atom stereocenters. The maximum atomic E-state index is 12.2. The summed E-state index contributed by atoms with van der Waals surface area (Å²) in [5.41, 5.74) is -0.522. The van der Waals surface area contributed by atoms with Crippen LogP contribution in [0.3, 0.4) is 0 Å². The van der Waals surface area contributed by atoms with Gasteiger partial charge < -0.3 is 9.47 Å². The van der Waals surface area contributed by atoms with Crippen molar-refractivity contribution in [2.24, 2.45) is 11.3 Å². The minimum atomic E-state index is -4.60. The van der Waals surface area contributed by atoms with E-state index in [-0.39, 0.29) is 0 Å². The molecule has 0 spiro atoms. The van der Waals surface area contributed by atoms with Crippen LogP contribution < -0.4 is 0 Å². The summed E-state index contributed by atoms with van der Waals surface area (Å²) >= 11 is 0. The molecule has 0 radical (unpaired) electrons. The molecular weight excluding hydrogens is 213 g/mol. The van der Waals surface area contributed by atoms with Gasteiger partial charge in [-0.25, -0.2) is 0 Å². The average molecular weight is 226 g/mol. The van der Waals surface area contributed by atoms with Crippen LogP contribution in [0.4, 0.5) is 13.2 Å². The van der Waals surface area contributed by atoms with Crippen molar-refractivity contribution in [1.29, 1.82) is 0 Å². The fraction of sp³-hybridized carbons (Fsp3) is 0.889. The molecule has 0 amide bonds. The van der Waals surface area contributed by atoms with E-state index in [4.69, 9.17) is 4.74 Å². The van der Waals surface area contributed by atoms with Crippen molar-refractivity contribution < 1.29 is 27.4 Å². The van der Waals surface area contributed by atoms with Crippen molar-refractivity contribution in [3.8, 4) is 0 Å². The third-order valence-corrected chi connectivity index (χ3v) is 2.02. The molecule has 1 aliphatic heterocycles. The van der Waals surface area contributed by atoms with E-state index in [9.17, 15) is 18.0 Å². The first-order chi connectivity index (χ1) is 6.62. The predicted molar refractivity (Wildman–Crippen MR) is 44.8 cm³/mol. The molecule has 1 rings (SSSR count). The Kier molecular flexibility index (Phi) is 3.00. The molecule has 0 unspecified atom stereocenters. The number of cyclic esters (lactones) is 1. The van der Waals surface area contributed by atoms with Gasteiger partial charge in [0.1, 0.15) is 0 Å². The van der Waals surface area contributed by atoms with Crippen LogP contribution in [0.1, 0.15) is 20.8 Å². The van der Waals surface area contributed by atoms with Crippen LogP contribution in [0, 0.1) is 11.3 Å². The van der Waals surface area contributed by atoms with Crippen molar-refractivity contribution in [2.75, 3.05) is 6.61 Å². The highest BCUT2D eigenvalue weighted by molar-refractivity contribution is 5.74. The lowest BCUT2D eigenvalue weighted by atomic mass is 9.95. The van der Waals surface area contributed by atoms with Gasteiger partial charge in [0.2, 0.25) is 6.29 Å². The van der Waals surface area contributed by atoms with Gasteiger partial charge in [0.25, 0.3) is 0 Å². The Bertz CT molecular complexity index is 254. The van der Waals surface area contributed by atoms with Crippen molar-refractivity contribution in [3.63, 3.8) is 0 Å². The molecule has 1 heterocycles. The highest BCUT2D eigenvalue weighted by atomic mass is 19.4. The molecule has 0 saturated carbocycles. The number of alkyl halides is 3. The molecular formula is C9H13F3O3. The molecule has 0 aromatic rings. The third kappa shape index (κ3) is 2.84. The quantitative estimate of drug-likeness (QED) is 0.593. The fourth-order valence-corrected chi connectivity index (χ4v) is 1.13. The van der Waals surface area contributed by atoms with Gasteiger partial charge >= 0.3 is 12.1 Å². The lowest BCUT2D eigenvalue weighted by Crippen LogP contribution is -2.47. The molecule has 3 nitrogen and oxygen atoms in total. The van der Waals surface area contributed by atoms with Crippen molar-refractivity contribution in [3.05, 3.63) is 0 Å². The van der Waals surface area contributed by atoms with Gasteiger partial charge in [-0.15, -0.1) is 0 Å². The first kappa shape index (κ1) is 12.3. The third-order valence-electron chi connectivity index (χ3n) is 2.02. The molecule has 0 aromatic heterocycles. The summed E-state index contributed by atoms with van der Waals surface area (Å²) < 4.78 is 46.2. The molecule has 15 heavy (non-hydrogen) atoms. The number of halogens is 3. The topological polar surface area (TPSA) is 35.5 Å². The van der Waals surface area contributed by atoms with Gasteiger partial charge in [-0.2, -0.15) is 13.2 Å². The normalized spacial score (nSPS) is 28.8. The largest absolute Gasteiger partial charge is 0.435 e. The average Bonchev–Trinajstić information content (AvgIpc) is 1.99. The summed E-state index contributed by atoms with van der Waals surface area (Å²) in [4.78, 5) is 11.1. The number of esters is 1. The second-order valence-electron chi connectivity index (χ2n) is 4.56. The standard InChI is InChI=1S/C9H13F3O3/c1-8(2,3)7-14-4-5(6(13)15-7)9(10,11)12/h5,7H,4H2,1-3H3/t5-,7-/m1/s1. The summed E-state index contributed by atoms with van der Waals surface area (Å²) in [6.45, 7) is 4.50. The summed E-state index contributed by atoms with van der Waals surface area (Å²) in [6, 6.07) is 0. The Morgan fingerprint density at radius 2 is 1.80 bits per heavy atom. The Labute approximate surface area is 85.5 Å². The maximum Gasteiger partial charge on any atom is 0.404 e. The van der Waals surface area contributed by atoms with Crippen LogP contribution in [0.5, 0.6) is 0 Å². The van der Waals surface area contributed by atoms with E-state index >= 15 is 0 Å². The second kappa shape index (κ2) is 3.66. The number of hydrogen-bond acceptors (Lipinski definition) is 3. The number of carbonyl (C=O) groups excluding carboxylic acids is 1. The summed E-state index contributed by atoms with van der Waals surface area (Å²) in [5.74, 6) is -3.41. The smallest absolute Gasteiger partial charge is 0.404 e. The predicted octanol–water partition coefficient (Wildman–Crippen LogP) is 2.11. The molecule has 88 valence electrons. The highest BCUT2D eigenvalue weighted by Gasteiger charge is 2.51. The fourth-order valence-electron chi connectivity index (χ4n) is 1.13. The number of carbonyl (C=O) groups is 1. The Hall–Kier alpha value is -0.780. The highest BCUT2D eigenvalue weighted by Crippen LogP contribution is 2.34. The molecule has 1 saturated heterocycles. The van der Waals surface area contributed by atoms with Crippen molar-refractivity contribution >= 4 is 5.97 Å². The zero-order valence-electron chi connectivity index (χ0n) is 8.72. The molecule has 0 bridgehead atoms. The number of hydrogen-bond donors (Lipinski definition) is 0. The Morgan fingerprint density at radius 1 is 1.27 bits per heavy atom. The van der Waals surface area contributed by atoms with Gasteiger partial charge in [0.05, 0.1) is 6.61 Å². The van der Waals surface area contributed by atoms with Crippen LogP contribution in [-0.2, 0) is 14.3 Å². The van der Waals surface area contributed by atoms with E-state index < -0.39 is 36.4 Å². The Morgan fingerprint density at radius 3 is 2.13 bits per heavy atom. The first-order valence-corrected chi connectivity index (χ1v) is 4.51.